The van der Waals surface area contributed by atoms with Crippen molar-refractivity contribution in [1.29, 1.82) is 0 Å². The maximum Gasteiger partial charge on any atom is 0.421 e. The Balaban J connectivity index is 1.53. The Bertz CT molecular complexity index is 1280. The van der Waals surface area contributed by atoms with Gasteiger partial charge in [0, 0.05) is 18.0 Å². The molecule has 4 rings (SSSR count). The van der Waals surface area contributed by atoms with E-state index in [0.717, 1.165) is 31.4 Å². The maximum atomic E-state index is 13.7. The number of ether oxygens (including phenoxy) is 3. The van der Waals surface area contributed by atoms with Gasteiger partial charge in [-0.05, 0) is 100 Å². The number of nitrogens with one attached hydrogen (secondary N) is 1. The van der Waals surface area contributed by atoms with Crippen molar-refractivity contribution in [2.45, 2.75) is 129 Å². The molecule has 0 radical (unpaired) electrons. The van der Waals surface area contributed by atoms with E-state index in [1.807, 2.05) is 68.4 Å². The first kappa shape index (κ1) is 32.5. The molecule has 12 heteroatoms. The number of alkyl carbamates (subject to hydrolysis) is 1. The third-order valence-corrected chi connectivity index (χ3v) is 7.23. The van der Waals surface area contributed by atoms with Crippen molar-refractivity contribution < 1.29 is 28.9 Å². The molecule has 0 aromatic carbocycles. The summed E-state index contributed by atoms with van der Waals surface area (Å²) in [4.78, 5) is 36.2. The largest absolute Gasteiger partial charge is 0.476 e. The number of carbonyl (C=O) groups is 2. The van der Waals surface area contributed by atoms with Crippen LogP contribution >= 0.6 is 0 Å². The standard InChI is InChI=1S/C31H48N6O6/c1-29(2,3)37-26(15-23(35-37)20-10-11-22(38)14-20)36(28(40)43-31(7,8)9)24-16-32-17-25(34-24)41-18-19-12-21(13-19)33-27(39)42-30(4,5)6/h15-17,19-22,38H,10-14,18H2,1-9H3,(H,33,39)/t19?,20-,21?,22+/m0/s1. The normalized spacial score (nSPS) is 22.5. The fourth-order valence-electron chi connectivity index (χ4n) is 5.26. The number of carbonyl (C=O) groups excluding carboxylic acids is 2. The second-order valence-electron chi connectivity index (χ2n) is 14.7. The molecule has 0 bridgehead atoms. The van der Waals surface area contributed by atoms with Crippen LogP contribution in [-0.4, -0.2) is 67.0 Å². The molecule has 238 valence electrons. The van der Waals surface area contributed by atoms with Crippen LogP contribution in [0.15, 0.2) is 18.5 Å². The maximum absolute atomic E-state index is 13.7. The lowest BCUT2D eigenvalue weighted by Crippen LogP contribution is -2.47. The lowest BCUT2D eigenvalue weighted by molar-refractivity contribution is 0.0425. The molecule has 2 fully saturated rings. The zero-order chi connectivity index (χ0) is 31.7. The van der Waals surface area contributed by atoms with Crippen LogP contribution in [0.1, 0.15) is 106 Å². The van der Waals surface area contributed by atoms with Gasteiger partial charge in [0.15, 0.2) is 5.82 Å². The monoisotopic (exact) mass is 600 g/mol. The van der Waals surface area contributed by atoms with Gasteiger partial charge in [0.05, 0.1) is 36.3 Å². The van der Waals surface area contributed by atoms with Gasteiger partial charge in [0.2, 0.25) is 5.88 Å². The van der Waals surface area contributed by atoms with Gasteiger partial charge in [-0.2, -0.15) is 10.1 Å². The zero-order valence-electron chi connectivity index (χ0n) is 27.0. The number of hydrogen-bond donors (Lipinski definition) is 2. The fraction of sp³-hybridized carbons (Fsp3) is 0.710. The van der Waals surface area contributed by atoms with Gasteiger partial charge in [-0.15, -0.1) is 0 Å². The topological polar surface area (TPSA) is 141 Å². The van der Waals surface area contributed by atoms with E-state index in [0.29, 0.717) is 18.8 Å². The Hall–Kier alpha value is -3.41. The molecule has 2 aromatic rings. The third kappa shape index (κ3) is 8.81. The molecule has 0 unspecified atom stereocenters. The molecule has 2 atom stereocenters. The minimum Gasteiger partial charge on any atom is -0.476 e. The number of nitrogens with zero attached hydrogens (tertiary/aromatic N) is 5. The average molecular weight is 601 g/mol. The first-order valence-electron chi connectivity index (χ1n) is 15.1. The average Bonchev–Trinajstić information content (AvgIpc) is 3.45. The van der Waals surface area contributed by atoms with E-state index < -0.39 is 28.9 Å². The predicted octanol–water partition coefficient (Wildman–Crippen LogP) is 5.81. The number of aromatic nitrogens is 4. The quantitative estimate of drug-likeness (QED) is 0.403. The summed E-state index contributed by atoms with van der Waals surface area (Å²) in [6.45, 7) is 17.4. The molecule has 2 saturated carbocycles. The summed E-state index contributed by atoms with van der Waals surface area (Å²) in [5, 5.41) is 18.0. The van der Waals surface area contributed by atoms with Crippen LogP contribution in [0.25, 0.3) is 0 Å². The molecule has 2 N–H and O–H groups in total. The first-order chi connectivity index (χ1) is 19.9. The number of anilines is 2. The van der Waals surface area contributed by atoms with Crippen molar-refractivity contribution in [1.82, 2.24) is 25.1 Å². The number of rotatable bonds is 7. The Morgan fingerprint density at radius 2 is 1.67 bits per heavy atom. The fourth-order valence-corrected chi connectivity index (χ4v) is 5.26. The summed E-state index contributed by atoms with van der Waals surface area (Å²) >= 11 is 0. The number of amides is 2. The third-order valence-electron chi connectivity index (χ3n) is 7.23. The van der Waals surface area contributed by atoms with E-state index in [-0.39, 0.29) is 35.7 Å². The minimum absolute atomic E-state index is 0.0383. The van der Waals surface area contributed by atoms with Gasteiger partial charge in [-0.25, -0.2) is 19.2 Å². The van der Waals surface area contributed by atoms with Crippen molar-refractivity contribution in [3.63, 3.8) is 0 Å². The smallest absolute Gasteiger partial charge is 0.421 e. The summed E-state index contributed by atoms with van der Waals surface area (Å²) in [6.07, 6.45) is 5.34. The van der Waals surface area contributed by atoms with Crippen LogP contribution in [0.3, 0.4) is 0 Å². The van der Waals surface area contributed by atoms with Crippen molar-refractivity contribution in [2.24, 2.45) is 5.92 Å². The van der Waals surface area contributed by atoms with E-state index in [4.69, 9.17) is 19.3 Å². The molecule has 2 aliphatic carbocycles. The van der Waals surface area contributed by atoms with Crippen LogP contribution in [-0.2, 0) is 15.0 Å². The molecule has 0 saturated heterocycles. The van der Waals surface area contributed by atoms with Gasteiger partial charge in [-0.1, -0.05) is 0 Å². The summed E-state index contributed by atoms with van der Waals surface area (Å²) in [5.74, 6) is 1.34. The lowest BCUT2D eigenvalue weighted by atomic mass is 9.81. The van der Waals surface area contributed by atoms with Crippen LogP contribution in [0.4, 0.5) is 21.2 Å². The lowest BCUT2D eigenvalue weighted by Gasteiger charge is -2.35. The van der Waals surface area contributed by atoms with Crippen LogP contribution in [0.2, 0.25) is 0 Å². The van der Waals surface area contributed by atoms with Crippen LogP contribution < -0.4 is 15.0 Å². The molecule has 43 heavy (non-hydrogen) atoms. The van der Waals surface area contributed by atoms with E-state index in [1.54, 1.807) is 4.68 Å². The highest BCUT2D eigenvalue weighted by Crippen LogP contribution is 2.39. The van der Waals surface area contributed by atoms with Crippen molar-refractivity contribution in [2.75, 3.05) is 11.5 Å². The second-order valence-corrected chi connectivity index (χ2v) is 14.7. The molecule has 0 aliphatic heterocycles. The number of hydrogen-bond acceptors (Lipinski definition) is 9. The molecule has 2 amide bonds. The molecular formula is C31H48N6O6. The van der Waals surface area contributed by atoms with Gasteiger partial charge >= 0.3 is 12.2 Å². The van der Waals surface area contributed by atoms with E-state index in [9.17, 15) is 14.7 Å². The molecule has 2 heterocycles. The Labute approximate surface area is 254 Å². The predicted molar refractivity (Wildman–Crippen MR) is 162 cm³/mol. The van der Waals surface area contributed by atoms with E-state index in [2.05, 4.69) is 15.3 Å². The van der Waals surface area contributed by atoms with Gasteiger partial charge in [0.25, 0.3) is 0 Å². The summed E-state index contributed by atoms with van der Waals surface area (Å²) in [6, 6.07) is 1.93. The number of aliphatic hydroxyl groups excluding tert-OH is 1. The highest BCUT2D eigenvalue weighted by atomic mass is 16.6. The summed E-state index contributed by atoms with van der Waals surface area (Å²) in [5.41, 5.74) is -0.954. The molecule has 2 aliphatic rings. The molecule has 2 aromatic heterocycles. The van der Waals surface area contributed by atoms with E-state index >= 15 is 0 Å². The van der Waals surface area contributed by atoms with Crippen molar-refractivity contribution in [3.05, 3.63) is 24.2 Å². The molecular weight excluding hydrogens is 552 g/mol. The second kappa shape index (κ2) is 12.3. The highest BCUT2D eigenvalue weighted by Gasteiger charge is 2.36. The van der Waals surface area contributed by atoms with Gasteiger partial charge in [0.1, 0.15) is 17.0 Å². The zero-order valence-corrected chi connectivity index (χ0v) is 27.0. The minimum atomic E-state index is -0.754. The summed E-state index contributed by atoms with van der Waals surface area (Å²) < 4.78 is 19.0. The highest BCUT2D eigenvalue weighted by molar-refractivity contribution is 5.94. The SMILES string of the molecule is CC(C)(C)OC(=O)NC1CC(COc2cncc(N(C(=O)OC(C)(C)C)c3cc([C@H]4CC[C@@H](O)C4)nn3C(C)(C)C)n2)C1. The Kier molecular flexibility index (Phi) is 9.30. The van der Waals surface area contributed by atoms with E-state index in [1.165, 1.54) is 17.3 Å². The molecule has 0 spiro atoms. The summed E-state index contributed by atoms with van der Waals surface area (Å²) in [7, 11) is 0. The van der Waals surface area contributed by atoms with Crippen molar-refractivity contribution in [3.8, 4) is 5.88 Å². The Morgan fingerprint density at radius 3 is 2.26 bits per heavy atom. The Morgan fingerprint density at radius 1 is 1.00 bits per heavy atom. The van der Waals surface area contributed by atoms with Gasteiger partial charge in [-0.3, -0.25) is 4.98 Å². The van der Waals surface area contributed by atoms with Gasteiger partial charge < -0.3 is 24.6 Å². The first-order valence-corrected chi connectivity index (χ1v) is 15.1. The van der Waals surface area contributed by atoms with Crippen LogP contribution in [0.5, 0.6) is 5.88 Å². The van der Waals surface area contributed by atoms with Crippen molar-refractivity contribution >= 4 is 23.8 Å². The number of aliphatic hydroxyl groups is 1. The van der Waals surface area contributed by atoms with Crippen LogP contribution in [0, 0.1) is 5.92 Å². The molecule has 12 nitrogen and oxygen atoms in total.